The van der Waals surface area contributed by atoms with Gasteiger partial charge in [-0.15, -0.1) is 0 Å². The number of carbonyl (C=O) groups is 1. The molecule has 1 aliphatic heterocycles. The van der Waals surface area contributed by atoms with Crippen LogP contribution in [0.5, 0.6) is 0 Å². The zero-order chi connectivity index (χ0) is 12.3. The van der Waals surface area contributed by atoms with E-state index in [0.717, 1.165) is 37.1 Å². The van der Waals surface area contributed by atoms with Crippen LogP contribution in [0, 0.1) is 0 Å². The van der Waals surface area contributed by atoms with E-state index in [9.17, 15) is 4.79 Å². The highest BCUT2D eigenvalue weighted by Crippen LogP contribution is 2.27. The van der Waals surface area contributed by atoms with Crippen molar-refractivity contribution in [2.75, 3.05) is 26.2 Å². The molecule has 1 saturated heterocycles. The van der Waals surface area contributed by atoms with Crippen LogP contribution in [-0.2, 0) is 0 Å². The van der Waals surface area contributed by atoms with E-state index in [4.69, 9.17) is 11.6 Å². The number of benzene rings is 1. The third kappa shape index (κ3) is 3.00. The Kier molecular flexibility index (Phi) is 4.42. The first-order valence-electron chi connectivity index (χ1n) is 5.64. The lowest BCUT2D eigenvalue weighted by molar-refractivity contribution is 0.0766. The lowest BCUT2D eigenvalue weighted by atomic mass is 10.2. The minimum atomic E-state index is 0.0139. The number of halogens is 2. The Balaban J connectivity index is 2.20. The van der Waals surface area contributed by atoms with Crippen molar-refractivity contribution in [2.45, 2.75) is 6.42 Å². The summed E-state index contributed by atoms with van der Waals surface area (Å²) in [6.07, 6.45) is 0.983. The van der Waals surface area contributed by atoms with Crippen LogP contribution in [0.25, 0.3) is 0 Å². The monoisotopic (exact) mass is 316 g/mol. The molecule has 2 rings (SSSR count). The summed E-state index contributed by atoms with van der Waals surface area (Å²) in [7, 11) is 0. The normalized spacial score (nSPS) is 16.7. The maximum atomic E-state index is 12.3. The zero-order valence-corrected chi connectivity index (χ0v) is 11.7. The van der Waals surface area contributed by atoms with Gasteiger partial charge in [0, 0.05) is 24.1 Å². The summed E-state index contributed by atoms with van der Waals surface area (Å²) in [6.45, 7) is 3.34. The Morgan fingerprint density at radius 1 is 1.35 bits per heavy atom. The lowest BCUT2D eigenvalue weighted by Crippen LogP contribution is -2.34. The molecule has 3 nitrogen and oxygen atoms in total. The summed E-state index contributed by atoms with van der Waals surface area (Å²) < 4.78 is 0.762. The highest BCUT2D eigenvalue weighted by molar-refractivity contribution is 9.10. The highest BCUT2D eigenvalue weighted by atomic mass is 79.9. The number of carbonyl (C=O) groups excluding carboxylic acids is 1. The third-order valence-corrected chi connectivity index (χ3v) is 4.11. The van der Waals surface area contributed by atoms with Crippen molar-refractivity contribution in [3.63, 3.8) is 0 Å². The standard InChI is InChI=1S/C12H14BrClN2O/c13-10-4-1-3-9(11(10)14)12(17)16-7-2-5-15-6-8-16/h1,3-4,15H,2,5-8H2. The summed E-state index contributed by atoms with van der Waals surface area (Å²) >= 11 is 9.48. The summed E-state index contributed by atoms with van der Waals surface area (Å²) in [5.74, 6) is 0.0139. The topological polar surface area (TPSA) is 32.3 Å². The van der Waals surface area contributed by atoms with Gasteiger partial charge in [-0.1, -0.05) is 17.7 Å². The van der Waals surface area contributed by atoms with Gasteiger partial charge in [-0.25, -0.2) is 0 Å². The Labute approximate surface area is 114 Å². The van der Waals surface area contributed by atoms with E-state index in [-0.39, 0.29) is 5.91 Å². The molecule has 0 aliphatic carbocycles. The SMILES string of the molecule is O=C(c1cccc(Br)c1Cl)N1CCCNCC1. The molecule has 0 atom stereocenters. The first-order chi connectivity index (χ1) is 8.20. The van der Waals surface area contributed by atoms with E-state index >= 15 is 0 Å². The fourth-order valence-electron chi connectivity index (χ4n) is 1.89. The Bertz CT molecular complexity index is 417. The molecule has 1 N–H and O–H groups in total. The van der Waals surface area contributed by atoms with Gasteiger partial charge in [-0.05, 0) is 41.0 Å². The summed E-state index contributed by atoms with van der Waals surface area (Å²) in [6, 6.07) is 5.44. The second-order valence-electron chi connectivity index (χ2n) is 4.00. The highest BCUT2D eigenvalue weighted by Gasteiger charge is 2.20. The van der Waals surface area contributed by atoms with Gasteiger partial charge in [0.05, 0.1) is 10.6 Å². The molecular weight excluding hydrogens is 304 g/mol. The molecule has 0 aromatic heterocycles. The third-order valence-electron chi connectivity index (χ3n) is 2.81. The molecule has 0 spiro atoms. The van der Waals surface area contributed by atoms with Gasteiger partial charge in [-0.2, -0.15) is 0 Å². The number of hydrogen-bond donors (Lipinski definition) is 1. The molecule has 0 saturated carbocycles. The van der Waals surface area contributed by atoms with Gasteiger partial charge in [-0.3, -0.25) is 4.79 Å². The summed E-state index contributed by atoms with van der Waals surface area (Å²) in [4.78, 5) is 14.2. The van der Waals surface area contributed by atoms with Gasteiger partial charge in [0.2, 0.25) is 0 Å². The molecule has 1 aromatic rings. The van der Waals surface area contributed by atoms with Crippen LogP contribution in [0.2, 0.25) is 5.02 Å². The van der Waals surface area contributed by atoms with Crippen LogP contribution in [0.3, 0.4) is 0 Å². The van der Waals surface area contributed by atoms with Crippen LogP contribution in [0.1, 0.15) is 16.8 Å². The molecule has 17 heavy (non-hydrogen) atoms. The Morgan fingerprint density at radius 2 is 2.18 bits per heavy atom. The molecular formula is C12H14BrClN2O. The van der Waals surface area contributed by atoms with E-state index in [1.807, 2.05) is 17.0 Å². The van der Waals surface area contributed by atoms with Crippen molar-refractivity contribution in [1.82, 2.24) is 10.2 Å². The molecule has 5 heteroatoms. The number of nitrogens with zero attached hydrogens (tertiary/aromatic N) is 1. The second kappa shape index (κ2) is 5.85. The molecule has 92 valence electrons. The average molecular weight is 318 g/mol. The van der Waals surface area contributed by atoms with Crippen molar-refractivity contribution in [2.24, 2.45) is 0 Å². The molecule has 1 amide bonds. The fourth-order valence-corrected chi connectivity index (χ4v) is 2.46. The number of hydrogen-bond acceptors (Lipinski definition) is 2. The van der Waals surface area contributed by atoms with Crippen molar-refractivity contribution >= 4 is 33.4 Å². The molecule has 0 bridgehead atoms. The van der Waals surface area contributed by atoms with Crippen LogP contribution in [-0.4, -0.2) is 37.0 Å². The van der Waals surface area contributed by atoms with Crippen LogP contribution >= 0.6 is 27.5 Å². The largest absolute Gasteiger partial charge is 0.337 e. The predicted octanol–water partition coefficient (Wildman–Crippen LogP) is 2.54. The summed E-state index contributed by atoms with van der Waals surface area (Å²) in [5, 5.41) is 3.77. The van der Waals surface area contributed by atoms with E-state index in [1.54, 1.807) is 6.07 Å². The maximum absolute atomic E-state index is 12.3. The molecule has 1 heterocycles. The van der Waals surface area contributed by atoms with E-state index < -0.39 is 0 Å². The number of amides is 1. The molecule has 0 radical (unpaired) electrons. The van der Waals surface area contributed by atoms with Gasteiger partial charge in [0.15, 0.2) is 0 Å². The summed E-state index contributed by atoms with van der Waals surface area (Å²) in [5.41, 5.74) is 0.572. The van der Waals surface area contributed by atoms with Crippen molar-refractivity contribution in [1.29, 1.82) is 0 Å². The minimum Gasteiger partial charge on any atom is -0.337 e. The molecule has 0 unspecified atom stereocenters. The van der Waals surface area contributed by atoms with Gasteiger partial charge in [0.25, 0.3) is 5.91 Å². The first kappa shape index (κ1) is 12.9. The van der Waals surface area contributed by atoms with Crippen LogP contribution in [0.15, 0.2) is 22.7 Å². The molecule has 1 aliphatic rings. The smallest absolute Gasteiger partial charge is 0.255 e. The maximum Gasteiger partial charge on any atom is 0.255 e. The second-order valence-corrected chi connectivity index (χ2v) is 5.23. The minimum absolute atomic E-state index is 0.0139. The van der Waals surface area contributed by atoms with Crippen molar-refractivity contribution in [3.8, 4) is 0 Å². The van der Waals surface area contributed by atoms with Gasteiger partial charge in [0.1, 0.15) is 0 Å². The molecule has 1 fully saturated rings. The first-order valence-corrected chi connectivity index (χ1v) is 6.81. The lowest BCUT2D eigenvalue weighted by Gasteiger charge is -2.20. The van der Waals surface area contributed by atoms with Crippen LogP contribution in [0.4, 0.5) is 0 Å². The quantitative estimate of drug-likeness (QED) is 0.863. The van der Waals surface area contributed by atoms with Crippen LogP contribution < -0.4 is 5.32 Å². The predicted molar refractivity (Wildman–Crippen MR) is 72.5 cm³/mol. The van der Waals surface area contributed by atoms with E-state index in [2.05, 4.69) is 21.2 Å². The Morgan fingerprint density at radius 3 is 3.00 bits per heavy atom. The number of rotatable bonds is 1. The van der Waals surface area contributed by atoms with E-state index in [1.165, 1.54) is 0 Å². The average Bonchev–Trinajstić information content (AvgIpc) is 2.60. The van der Waals surface area contributed by atoms with Crippen molar-refractivity contribution in [3.05, 3.63) is 33.3 Å². The Hall–Kier alpha value is -0.580. The van der Waals surface area contributed by atoms with Crippen molar-refractivity contribution < 1.29 is 4.79 Å². The van der Waals surface area contributed by atoms with Gasteiger partial charge >= 0.3 is 0 Å². The van der Waals surface area contributed by atoms with Gasteiger partial charge < -0.3 is 10.2 Å². The number of nitrogens with one attached hydrogen (secondary N) is 1. The zero-order valence-electron chi connectivity index (χ0n) is 9.38. The van der Waals surface area contributed by atoms with E-state index in [0.29, 0.717) is 10.6 Å². The molecule has 1 aromatic carbocycles. The fraction of sp³-hybridized carbons (Fsp3) is 0.417.